The number of nitrogens with zero attached hydrogens (tertiary/aromatic N) is 3. The van der Waals surface area contributed by atoms with Gasteiger partial charge in [-0.25, -0.2) is 9.37 Å². The van der Waals surface area contributed by atoms with Gasteiger partial charge in [0, 0.05) is 43.5 Å². The highest BCUT2D eigenvalue weighted by molar-refractivity contribution is 5.97. The van der Waals surface area contributed by atoms with E-state index < -0.39 is 17.7 Å². The molecule has 0 saturated carbocycles. The van der Waals surface area contributed by atoms with E-state index in [2.05, 4.69) is 33.2 Å². The molecule has 9 heteroatoms. The molecule has 1 amide bonds. The van der Waals surface area contributed by atoms with Crippen molar-refractivity contribution in [3.8, 4) is 22.5 Å². The molecule has 0 spiro atoms. The lowest BCUT2D eigenvalue weighted by Crippen LogP contribution is -2.32. The van der Waals surface area contributed by atoms with Gasteiger partial charge in [-0.1, -0.05) is 12.1 Å². The van der Waals surface area contributed by atoms with Crippen molar-refractivity contribution in [2.45, 2.75) is 57.5 Å². The number of aromatic nitrogens is 2. The highest BCUT2D eigenvalue weighted by Crippen LogP contribution is 2.36. The molecule has 0 bridgehead atoms. The molecule has 2 aromatic carbocycles. The minimum absolute atomic E-state index is 0.0309. The number of nitrogens with two attached hydrogens (primary N) is 1. The summed E-state index contributed by atoms with van der Waals surface area (Å²) in [4.78, 5) is 23.2. The van der Waals surface area contributed by atoms with Crippen molar-refractivity contribution >= 4 is 11.7 Å². The minimum Gasteiger partial charge on any atom is -0.382 e. The summed E-state index contributed by atoms with van der Waals surface area (Å²) >= 11 is 0. The first-order valence-electron chi connectivity index (χ1n) is 13.8. The van der Waals surface area contributed by atoms with Crippen molar-refractivity contribution in [2.75, 3.05) is 32.0 Å². The number of benzene rings is 2. The maximum absolute atomic E-state index is 15.3. The number of hydrogen-bond acceptors (Lipinski definition) is 6. The molecular weight excluding hydrogens is 500 g/mol. The first kappa shape index (κ1) is 25.8. The van der Waals surface area contributed by atoms with E-state index in [0.29, 0.717) is 41.6 Å². The molecule has 3 aromatic rings. The van der Waals surface area contributed by atoms with Crippen LogP contribution in [0.1, 0.15) is 65.6 Å². The number of rotatable bonds is 5. The molecule has 39 heavy (non-hydrogen) atoms. The van der Waals surface area contributed by atoms with Crippen LogP contribution in [0.3, 0.4) is 0 Å². The second-order valence-corrected chi connectivity index (χ2v) is 10.9. The second kappa shape index (κ2) is 10.6. The lowest BCUT2D eigenvalue weighted by molar-refractivity contribution is 0.0849. The molecule has 0 radical (unpaired) electrons. The maximum Gasteiger partial charge on any atom is 0.254 e. The Morgan fingerprint density at radius 2 is 1.90 bits per heavy atom. The number of fused-ring (bicyclic) bond motifs is 1. The fourth-order valence-electron chi connectivity index (χ4n) is 6.22. The van der Waals surface area contributed by atoms with Crippen molar-refractivity contribution in [1.82, 2.24) is 20.2 Å². The molecule has 3 aliphatic rings. The third-order valence-electron chi connectivity index (χ3n) is 8.37. The zero-order valence-corrected chi connectivity index (χ0v) is 22.1. The Labute approximate surface area is 226 Å². The summed E-state index contributed by atoms with van der Waals surface area (Å²) in [6.07, 6.45) is 4.76. The van der Waals surface area contributed by atoms with E-state index >= 15 is 4.39 Å². The largest absolute Gasteiger partial charge is 0.382 e. The normalized spacial score (nSPS) is 20.2. The molecule has 4 heterocycles. The number of carbonyl (C=O) groups is 1. The molecule has 2 fully saturated rings. The van der Waals surface area contributed by atoms with Crippen LogP contribution in [0, 0.1) is 11.8 Å². The fraction of sp³-hybridized carbons (Fsp3) is 0.433. The number of nitrogen functional groups attached to an aromatic ring is 1. The summed E-state index contributed by atoms with van der Waals surface area (Å²) in [6.45, 7) is 5.99. The van der Waals surface area contributed by atoms with Gasteiger partial charge in [0.25, 0.3) is 5.91 Å². The number of halogens is 2. The average molecular weight is 534 g/mol. The molecule has 2 saturated heterocycles. The predicted octanol–water partition coefficient (Wildman–Crippen LogP) is 4.84. The quantitative estimate of drug-likeness (QED) is 0.488. The molecule has 1 aromatic heterocycles. The van der Waals surface area contributed by atoms with Crippen molar-refractivity contribution in [3.05, 3.63) is 64.4 Å². The Balaban J connectivity index is 1.42. The van der Waals surface area contributed by atoms with Crippen LogP contribution < -0.4 is 11.1 Å². The van der Waals surface area contributed by atoms with Gasteiger partial charge < -0.3 is 15.8 Å². The average Bonchev–Trinajstić information content (AvgIpc) is 3.33. The van der Waals surface area contributed by atoms with Crippen LogP contribution in [-0.2, 0) is 17.7 Å². The third kappa shape index (κ3) is 5.01. The second-order valence-electron chi connectivity index (χ2n) is 10.9. The molecule has 7 nitrogen and oxygen atoms in total. The molecule has 6 rings (SSSR count). The highest BCUT2D eigenvalue weighted by atomic mass is 19.1. The van der Waals surface area contributed by atoms with Crippen LogP contribution in [-0.4, -0.2) is 53.1 Å². The minimum atomic E-state index is -0.770. The third-order valence-corrected chi connectivity index (χ3v) is 8.37. The summed E-state index contributed by atoms with van der Waals surface area (Å²) in [5.74, 6) is -1.60. The van der Waals surface area contributed by atoms with Gasteiger partial charge in [0.05, 0.1) is 5.56 Å². The number of ether oxygens (including phenoxy) is 1. The van der Waals surface area contributed by atoms with Crippen molar-refractivity contribution < 1.29 is 18.3 Å². The Kier molecular flexibility index (Phi) is 7.03. The smallest absolute Gasteiger partial charge is 0.254 e. The topological polar surface area (TPSA) is 93.4 Å². The van der Waals surface area contributed by atoms with Crippen LogP contribution in [0.15, 0.2) is 30.3 Å². The van der Waals surface area contributed by atoms with Gasteiger partial charge in [0.1, 0.15) is 17.2 Å². The van der Waals surface area contributed by atoms with Crippen molar-refractivity contribution in [3.63, 3.8) is 0 Å². The summed E-state index contributed by atoms with van der Waals surface area (Å²) < 4.78 is 35.8. The summed E-state index contributed by atoms with van der Waals surface area (Å²) in [6, 6.07) is 9.44. The van der Waals surface area contributed by atoms with E-state index in [-0.39, 0.29) is 22.8 Å². The van der Waals surface area contributed by atoms with Gasteiger partial charge in [-0.15, -0.1) is 0 Å². The monoisotopic (exact) mass is 533 g/mol. The Bertz CT molecular complexity index is 1420. The zero-order chi connectivity index (χ0) is 27.1. The highest BCUT2D eigenvalue weighted by Gasteiger charge is 2.27. The number of carbonyl (C=O) groups excluding carboxylic acids is 1. The van der Waals surface area contributed by atoms with Crippen LogP contribution in [0.2, 0.25) is 0 Å². The molecule has 3 N–H and O–H groups in total. The van der Waals surface area contributed by atoms with E-state index in [9.17, 15) is 9.18 Å². The van der Waals surface area contributed by atoms with E-state index in [1.807, 2.05) is 12.1 Å². The molecule has 1 unspecified atom stereocenters. The maximum atomic E-state index is 15.3. The van der Waals surface area contributed by atoms with Gasteiger partial charge in [-0.3, -0.25) is 9.69 Å². The van der Waals surface area contributed by atoms with E-state index in [4.69, 9.17) is 10.5 Å². The molecule has 1 atom stereocenters. The van der Waals surface area contributed by atoms with Gasteiger partial charge in [0.15, 0.2) is 5.82 Å². The first-order valence-corrected chi connectivity index (χ1v) is 13.8. The van der Waals surface area contributed by atoms with Crippen LogP contribution in [0.5, 0.6) is 0 Å². The van der Waals surface area contributed by atoms with Crippen LogP contribution in [0.4, 0.5) is 14.6 Å². The lowest BCUT2D eigenvalue weighted by atomic mass is 9.86. The van der Waals surface area contributed by atoms with Gasteiger partial charge in [-0.05, 0) is 86.4 Å². The molecule has 204 valence electrons. The van der Waals surface area contributed by atoms with Crippen LogP contribution in [0.25, 0.3) is 22.5 Å². The van der Waals surface area contributed by atoms with Gasteiger partial charge in [0.2, 0.25) is 5.95 Å². The van der Waals surface area contributed by atoms with Gasteiger partial charge >= 0.3 is 0 Å². The number of likely N-dealkylation sites (tertiary alicyclic amines) is 1. The summed E-state index contributed by atoms with van der Waals surface area (Å²) in [5.41, 5.74) is 10.4. The number of anilines is 1. The number of hydrogen-bond donors (Lipinski definition) is 2. The Morgan fingerprint density at radius 3 is 2.67 bits per heavy atom. The zero-order valence-electron chi connectivity index (χ0n) is 22.1. The number of amides is 1. The Morgan fingerprint density at radius 1 is 1.08 bits per heavy atom. The number of nitrogens with one attached hydrogen (secondary N) is 1. The van der Waals surface area contributed by atoms with Crippen molar-refractivity contribution in [2.24, 2.45) is 0 Å². The SMILES string of the molecule is CC1CCCN1Cc1cc(-c2nc(-c3cc(F)c4c(c3)CCNC4=O)c(N)nc2F)ccc1C1CCOCC1. The lowest BCUT2D eigenvalue weighted by Gasteiger charge is -2.28. The first-order chi connectivity index (χ1) is 18.9. The molecular formula is C30H33F2N5O2. The van der Waals surface area contributed by atoms with E-state index in [0.717, 1.165) is 39.1 Å². The Hall–Kier alpha value is -3.43. The predicted molar refractivity (Wildman–Crippen MR) is 145 cm³/mol. The van der Waals surface area contributed by atoms with E-state index in [1.54, 1.807) is 6.07 Å². The summed E-state index contributed by atoms with van der Waals surface area (Å²) in [5, 5.41) is 2.66. The van der Waals surface area contributed by atoms with E-state index in [1.165, 1.54) is 30.0 Å². The van der Waals surface area contributed by atoms with Gasteiger partial charge in [-0.2, -0.15) is 9.37 Å². The van der Waals surface area contributed by atoms with Crippen molar-refractivity contribution in [1.29, 1.82) is 0 Å². The molecule has 3 aliphatic heterocycles. The van der Waals surface area contributed by atoms with Crippen LogP contribution >= 0.6 is 0 Å². The fourth-order valence-corrected chi connectivity index (χ4v) is 6.22. The standard InChI is InChI=1S/C30H33F2N5O2/c1-17-3-2-10-37(17)16-22-14-20(4-5-23(22)18-7-11-39-12-8-18)26-28(32)36-29(33)27(35-26)21-13-19-6-9-34-30(38)25(19)24(31)15-21/h4-5,13-15,17-18H,2-3,6-12,16H2,1H3,(H2,33,36)(H,34,38). The summed E-state index contributed by atoms with van der Waals surface area (Å²) in [7, 11) is 0. The molecule has 0 aliphatic carbocycles.